The van der Waals surface area contributed by atoms with E-state index in [1.807, 2.05) is 48.5 Å². The first kappa shape index (κ1) is 21.3. The fourth-order valence-corrected chi connectivity index (χ4v) is 3.61. The Bertz CT molecular complexity index is 888. The summed E-state index contributed by atoms with van der Waals surface area (Å²) in [4.78, 5) is 35.2. The average molecular weight is 414 g/mol. The number of ether oxygens (including phenoxy) is 1. The van der Waals surface area contributed by atoms with Gasteiger partial charge in [0.25, 0.3) is 0 Å². The molecule has 1 aliphatic carbocycles. The van der Waals surface area contributed by atoms with Gasteiger partial charge in [-0.2, -0.15) is 0 Å². The summed E-state index contributed by atoms with van der Waals surface area (Å²) >= 11 is 0. The molecule has 3 N–H and O–H groups in total. The molecule has 8 heteroatoms. The smallest absolute Gasteiger partial charge is 0.407 e. The lowest BCUT2D eigenvalue weighted by atomic mass is 9.98. The highest BCUT2D eigenvalue weighted by molar-refractivity contribution is 5.86. The molecule has 0 fully saturated rings. The summed E-state index contributed by atoms with van der Waals surface area (Å²) < 4.78 is 17.7. The van der Waals surface area contributed by atoms with E-state index >= 15 is 0 Å². The maximum absolute atomic E-state index is 12.3. The third-order valence-electron chi connectivity index (χ3n) is 4.99. The number of carbonyl (C=O) groups is 3. The Morgan fingerprint density at radius 2 is 1.63 bits per heavy atom. The molecule has 1 unspecified atom stereocenters. The van der Waals surface area contributed by atoms with Crippen molar-refractivity contribution in [3.63, 3.8) is 0 Å². The molecule has 2 aromatic carbocycles. The largest absolute Gasteiger partial charge is 0.481 e. The number of carboxylic acid groups (broad SMARTS) is 1. The predicted molar refractivity (Wildman–Crippen MR) is 108 cm³/mol. The van der Waals surface area contributed by atoms with Gasteiger partial charge in [0.1, 0.15) is 19.3 Å². The minimum absolute atomic E-state index is 0.0671. The third-order valence-corrected chi connectivity index (χ3v) is 4.99. The number of benzene rings is 2. The van der Waals surface area contributed by atoms with Gasteiger partial charge in [0.15, 0.2) is 0 Å². The fourth-order valence-electron chi connectivity index (χ4n) is 3.61. The number of nitrogens with one attached hydrogen (secondary N) is 2. The van der Waals surface area contributed by atoms with E-state index in [1.165, 1.54) is 0 Å². The molecule has 1 atom stereocenters. The van der Waals surface area contributed by atoms with E-state index < -0.39 is 30.7 Å². The molecule has 2 aromatic rings. The molecule has 0 saturated carbocycles. The number of halogens is 1. The monoisotopic (exact) mass is 414 g/mol. The number of hydrogen-bond donors (Lipinski definition) is 3. The molecular formula is C22H23FN2O5. The molecule has 30 heavy (non-hydrogen) atoms. The first-order chi connectivity index (χ1) is 14.5. The molecule has 0 bridgehead atoms. The topological polar surface area (TPSA) is 105 Å². The molecule has 3 rings (SSSR count). The number of carbonyl (C=O) groups excluding carboxylic acids is 2. The molecule has 1 aliphatic rings. The van der Waals surface area contributed by atoms with E-state index in [9.17, 15) is 18.8 Å². The van der Waals surface area contributed by atoms with Gasteiger partial charge in [-0.1, -0.05) is 48.5 Å². The van der Waals surface area contributed by atoms with Gasteiger partial charge in [0.05, 0.1) is 0 Å². The first-order valence-corrected chi connectivity index (χ1v) is 9.68. The van der Waals surface area contributed by atoms with Crippen molar-refractivity contribution in [3.8, 4) is 11.1 Å². The Kier molecular flexibility index (Phi) is 7.00. The van der Waals surface area contributed by atoms with Gasteiger partial charge in [-0.05, 0) is 28.7 Å². The molecule has 158 valence electrons. The van der Waals surface area contributed by atoms with E-state index in [1.54, 1.807) is 0 Å². The van der Waals surface area contributed by atoms with Gasteiger partial charge in [-0.25, -0.2) is 9.18 Å². The second-order valence-electron chi connectivity index (χ2n) is 6.93. The number of hydrogen-bond acceptors (Lipinski definition) is 4. The van der Waals surface area contributed by atoms with Crippen LogP contribution in [0.1, 0.15) is 29.9 Å². The number of alkyl halides is 1. The molecule has 0 aliphatic heterocycles. The van der Waals surface area contributed by atoms with Crippen molar-refractivity contribution >= 4 is 18.0 Å². The number of alkyl carbamates (subject to hydrolysis) is 1. The number of fused-ring (bicyclic) bond motifs is 3. The molecular weight excluding hydrogens is 391 g/mol. The normalized spacial score (nSPS) is 13.1. The van der Waals surface area contributed by atoms with Gasteiger partial charge in [0.2, 0.25) is 5.91 Å². The lowest BCUT2D eigenvalue weighted by Gasteiger charge is -2.19. The minimum atomic E-state index is -1.12. The highest BCUT2D eigenvalue weighted by Gasteiger charge is 2.29. The Hall–Kier alpha value is -3.42. The first-order valence-electron chi connectivity index (χ1n) is 9.68. The van der Waals surface area contributed by atoms with Crippen molar-refractivity contribution in [2.45, 2.75) is 24.8 Å². The van der Waals surface area contributed by atoms with E-state index in [0.29, 0.717) is 0 Å². The highest BCUT2D eigenvalue weighted by atomic mass is 19.1. The summed E-state index contributed by atoms with van der Waals surface area (Å²) in [6.07, 6.45) is -1.28. The van der Waals surface area contributed by atoms with Gasteiger partial charge < -0.3 is 20.5 Å². The number of rotatable bonds is 9. The SMILES string of the molecule is O=C(O)CCC(NC(=O)OCC1c2ccccc2-c2ccccc21)C(=O)NCCF. The summed E-state index contributed by atoms with van der Waals surface area (Å²) in [7, 11) is 0. The van der Waals surface area contributed by atoms with Crippen LogP contribution in [0.5, 0.6) is 0 Å². The van der Waals surface area contributed by atoms with Crippen LogP contribution in [-0.4, -0.2) is 48.9 Å². The Morgan fingerprint density at radius 3 is 2.20 bits per heavy atom. The maximum atomic E-state index is 12.3. The minimum Gasteiger partial charge on any atom is -0.481 e. The van der Waals surface area contributed by atoms with E-state index in [4.69, 9.17) is 9.84 Å². The van der Waals surface area contributed by atoms with Crippen LogP contribution in [0.25, 0.3) is 11.1 Å². The summed E-state index contributed by atoms with van der Waals surface area (Å²) in [6.45, 7) is -0.908. The summed E-state index contributed by atoms with van der Waals surface area (Å²) in [5.74, 6) is -1.89. The zero-order valence-corrected chi connectivity index (χ0v) is 16.3. The average Bonchev–Trinajstić information content (AvgIpc) is 3.07. The van der Waals surface area contributed by atoms with Crippen molar-refractivity contribution < 1.29 is 28.6 Å². The van der Waals surface area contributed by atoms with Crippen LogP contribution in [-0.2, 0) is 14.3 Å². The number of aliphatic carboxylic acids is 1. The fraction of sp³-hybridized carbons (Fsp3) is 0.318. The molecule has 0 aromatic heterocycles. The second kappa shape index (κ2) is 9.87. The maximum Gasteiger partial charge on any atom is 0.407 e. The van der Waals surface area contributed by atoms with Crippen molar-refractivity contribution in [2.24, 2.45) is 0 Å². The molecule has 0 radical (unpaired) electrons. The van der Waals surface area contributed by atoms with E-state index in [2.05, 4.69) is 10.6 Å². The lowest BCUT2D eigenvalue weighted by molar-refractivity contribution is -0.137. The van der Waals surface area contributed by atoms with Gasteiger partial charge >= 0.3 is 12.1 Å². The van der Waals surface area contributed by atoms with Gasteiger partial charge in [0, 0.05) is 18.9 Å². The second-order valence-corrected chi connectivity index (χ2v) is 6.93. The molecule has 2 amide bonds. The summed E-state index contributed by atoms with van der Waals surface area (Å²) in [6, 6.07) is 14.6. The van der Waals surface area contributed by atoms with Crippen LogP contribution in [0, 0.1) is 0 Å². The Balaban J connectivity index is 1.65. The van der Waals surface area contributed by atoms with E-state index in [0.717, 1.165) is 22.3 Å². The standard InChI is InChI=1S/C22H23FN2O5/c23-11-12-24-21(28)19(9-10-20(26)27)25-22(29)30-13-18-16-7-3-1-5-14(16)15-6-2-4-8-17(15)18/h1-8,18-19H,9-13H2,(H,24,28)(H,25,29)(H,26,27). The van der Waals surface area contributed by atoms with Crippen molar-refractivity contribution in [1.82, 2.24) is 10.6 Å². The van der Waals surface area contributed by atoms with Crippen LogP contribution in [0.2, 0.25) is 0 Å². The number of amides is 2. The molecule has 0 spiro atoms. The highest BCUT2D eigenvalue weighted by Crippen LogP contribution is 2.44. The van der Waals surface area contributed by atoms with Crippen LogP contribution in [0.3, 0.4) is 0 Å². The van der Waals surface area contributed by atoms with Gasteiger partial charge in [-0.3, -0.25) is 9.59 Å². The third kappa shape index (κ3) is 4.94. The van der Waals surface area contributed by atoms with E-state index in [-0.39, 0.29) is 31.9 Å². The number of carboxylic acids is 1. The quantitative estimate of drug-likeness (QED) is 0.585. The van der Waals surface area contributed by atoms with Crippen molar-refractivity contribution in [2.75, 3.05) is 19.8 Å². The zero-order chi connectivity index (χ0) is 21.5. The van der Waals surface area contributed by atoms with Crippen LogP contribution >= 0.6 is 0 Å². The van der Waals surface area contributed by atoms with Gasteiger partial charge in [-0.15, -0.1) is 0 Å². The van der Waals surface area contributed by atoms with Crippen molar-refractivity contribution in [1.29, 1.82) is 0 Å². The van der Waals surface area contributed by atoms with Crippen LogP contribution in [0.4, 0.5) is 9.18 Å². The molecule has 0 saturated heterocycles. The van der Waals surface area contributed by atoms with Crippen LogP contribution in [0.15, 0.2) is 48.5 Å². The van der Waals surface area contributed by atoms with Crippen LogP contribution < -0.4 is 10.6 Å². The predicted octanol–water partition coefficient (Wildman–Crippen LogP) is 2.84. The summed E-state index contributed by atoms with van der Waals surface area (Å²) in [5, 5.41) is 13.6. The van der Waals surface area contributed by atoms with Crippen molar-refractivity contribution in [3.05, 3.63) is 59.7 Å². The summed E-state index contributed by atoms with van der Waals surface area (Å²) in [5.41, 5.74) is 4.28. The molecule has 7 nitrogen and oxygen atoms in total. The zero-order valence-electron chi connectivity index (χ0n) is 16.3. The Morgan fingerprint density at radius 1 is 1.03 bits per heavy atom. The Labute approximate surface area is 173 Å². The lowest BCUT2D eigenvalue weighted by Crippen LogP contribution is -2.47. The molecule has 0 heterocycles.